The zero-order valence-corrected chi connectivity index (χ0v) is 13.5. The molecule has 2 N–H and O–H groups in total. The minimum absolute atomic E-state index is 0.181. The van der Waals surface area contributed by atoms with Crippen molar-refractivity contribution in [2.24, 2.45) is 5.92 Å². The Hall–Kier alpha value is -2.34. The molecule has 6 nitrogen and oxygen atoms in total. The lowest BCUT2D eigenvalue weighted by atomic mass is 10.0. The van der Waals surface area contributed by atoms with Crippen molar-refractivity contribution in [3.63, 3.8) is 0 Å². The van der Waals surface area contributed by atoms with Crippen molar-refractivity contribution in [1.82, 2.24) is 15.1 Å². The van der Waals surface area contributed by atoms with Gasteiger partial charge in [-0.2, -0.15) is 0 Å². The average Bonchev–Trinajstić information content (AvgIpc) is 3.36. The number of rotatable bonds is 4. The third kappa shape index (κ3) is 3.59. The van der Waals surface area contributed by atoms with E-state index in [-0.39, 0.29) is 12.1 Å². The molecule has 2 heterocycles. The second-order valence-corrected chi connectivity index (χ2v) is 6.55. The number of urea groups is 1. The number of hydrogen-bond acceptors (Lipinski definition) is 3. The van der Waals surface area contributed by atoms with Crippen molar-refractivity contribution in [2.45, 2.75) is 37.8 Å². The number of benzene rings is 1. The van der Waals surface area contributed by atoms with Gasteiger partial charge in [0.2, 0.25) is 0 Å². The fraction of sp³-hybridized carbons (Fsp3) is 0.444. The zero-order valence-electron chi connectivity index (χ0n) is 13.5. The summed E-state index contributed by atoms with van der Waals surface area (Å²) in [6.07, 6.45) is 6.47. The van der Waals surface area contributed by atoms with Gasteiger partial charge in [0, 0.05) is 24.9 Å². The average molecular weight is 326 g/mol. The fourth-order valence-corrected chi connectivity index (χ4v) is 3.21. The molecule has 126 valence electrons. The van der Waals surface area contributed by atoms with Gasteiger partial charge < -0.3 is 10.1 Å². The Morgan fingerprint density at radius 1 is 1.17 bits per heavy atom. The molecule has 2 unspecified atom stereocenters. The highest BCUT2D eigenvalue weighted by Crippen LogP contribution is 2.38. The molecule has 2 amide bonds. The number of aromatic nitrogens is 2. The molecule has 1 aromatic carbocycles. The summed E-state index contributed by atoms with van der Waals surface area (Å²) in [7, 11) is 0. The molecule has 2 fully saturated rings. The monoisotopic (exact) mass is 326 g/mol. The van der Waals surface area contributed by atoms with Crippen LogP contribution in [-0.4, -0.2) is 34.6 Å². The first-order valence-corrected chi connectivity index (χ1v) is 8.58. The predicted molar refractivity (Wildman–Crippen MR) is 91.2 cm³/mol. The van der Waals surface area contributed by atoms with Gasteiger partial charge in [-0.25, -0.2) is 9.48 Å². The van der Waals surface area contributed by atoms with Crippen molar-refractivity contribution in [1.29, 1.82) is 0 Å². The van der Waals surface area contributed by atoms with Crippen LogP contribution in [0.2, 0.25) is 0 Å². The first-order chi connectivity index (χ1) is 11.8. The summed E-state index contributed by atoms with van der Waals surface area (Å²) < 4.78 is 7.54. The van der Waals surface area contributed by atoms with Gasteiger partial charge in [0.25, 0.3) is 0 Å². The predicted octanol–water partition coefficient (Wildman–Crippen LogP) is 2.95. The van der Waals surface area contributed by atoms with Gasteiger partial charge in [-0.05, 0) is 43.7 Å². The molecule has 0 bridgehead atoms. The minimum atomic E-state index is -0.199. The smallest absolute Gasteiger partial charge is 0.320 e. The second-order valence-electron chi connectivity index (χ2n) is 6.55. The van der Waals surface area contributed by atoms with E-state index in [1.165, 1.54) is 12.8 Å². The van der Waals surface area contributed by atoms with Crippen LogP contribution in [0.15, 0.2) is 42.6 Å². The molecule has 24 heavy (non-hydrogen) atoms. The Bertz CT molecular complexity index is 696. The Labute approximate surface area is 141 Å². The van der Waals surface area contributed by atoms with Gasteiger partial charge in [0.05, 0.1) is 11.8 Å². The van der Waals surface area contributed by atoms with Crippen LogP contribution in [0.25, 0.3) is 5.69 Å². The molecule has 1 saturated carbocycles. The highest BCUT2D eigenvalue weighted by Gasteiger charge is 2.36. The number of anilines is 1. The lowest BCUT2D eigenvalue weighted by molar-refractivity contribution is -0.00889. The maximum atomic E-state index is 12.2. The van der Waals surface area contributed by atoms with Gasteiger partial charge in [-0.15, -0.1) is 5.10 Å². The number of hydrogen-bond donors (Lipinski definition) is 2. The van der Waals surface area contributed by atoms with Crippen LogP contribution in [0, 0.1) is 5.92 Å². The number of nitrogens with zero attached hydrogens (tertiary/aromatic N) is 2. The molecule has 6 heteroatoms. The van der Waals surface area contributed by atoms with Crippen LogP contribution in [-0.2, 0) is 4.74 Å². The molecule has 1 saturated heterocycles. The van der Waals surface area contributed by atoms with E-state index in [0.29, 0.717) is 17.8 Å². The molecule has 1 aromatic heterocycles. The molecule has 1 aliphatic heterocycles. The van der Waals surface area contributed by atoms with Crippen LogP contribution in [0.4, 0.5) is 10.6 Å². The maximum Gasteiger partial charge on any atom is 0.320 e. The second kappa shape index (κ2) is 6.65. The molecule has 0 radical (unpaired) electrons. The molecule has 1 aliphatic carbocycles. The highest BCUT2D eigenvalue weighted by atomic mass is 16.5. The lowest BCUT2D eigenvalue weighted by Crippen LogP contribution is -2.44. The SMILES string of the molecule is O=C(Nc1ccn(-c2ccccc2)n1)NC1CCOC(C2CC2)C1. The van der Waals surface area contributed by atoms with E-state index >= 15 is 0 Å². The lowest BCUT2D eigenvalue weighted by Gasteiger charge is -2.30. The zero-order chi connectivity index (χ0) is 16.4. The van der Waals surface area contributed by atoms with Crippen LogP contribution in [0.3, 0.4) is 0 Å². The van der Waals surface area contributed by atoms with Crippen molar-refractivity contribution >= 4 is 11.8 Å². The molecule has 2 aliphatic rings. The normalized spacial score (nSPS) is 23.7. The van der Waals surface area contributed by atoms with Crippen molar-refractivity contribution in [3.05, 3.63) is 42.6 Å². The molecule has 2 aromatic rings. The summed E-state index contributed by atoms with van der Waals surface area (Å²) >= 11 is 0. The number of amides is 2. The summed E-state index contributed by atoms with van der Waals surface area (Å²) in [4.78, 5) is 12.2. The summed E-state index contributed by atoms with van der Waals surface area (Å²) in [5, 5.41) is 10.3. The van der Waals surface area contributed by atoms with Crippen LogP contribution in [0.5, 0.6) is 0 Å². The van der Waals surface area contributed by atoms with Crippen LogP contribution in [0.1, 0.15) is 25.7 Å². The standard InChI is InChI=1S/C18H22N4O2/c23-18(19-14-9-11-24-16(12-14)13-6-7-13)20-17-8-10-22(21-17)15-4-2-1-3-5-15/h1-5,8,10,13-14,16H,6-7,9,11-12H2,(H2,19,20,21,23). The fourth-order valence-electron chi connectivity index (χ4n) is 3.21. The highest BCUT2D eigenvalue weighted by molar-refractivity contribution is 5.88. The molecular formula is C18H22N4O2. The Morgan fingerprint density at radius 2 is 2.00 bits per heavy atom. The number of para-hydroxylation sites is 1. The largest absolute Gasteiger partial charge is 0.378 e. The van der Waals surface area contributed by atoms with E-state index in [4.69, 9.17) is 4.74 Å². The van der Waals surface area contributed by atoms with Gasteiger partial charge in [0.1, 0.15) is 0 Å². The van der Waals surface area contributed by atoms with E-state index in [9.17, 15) is 4.79 Å². The number of nitrogens with one attached hydrogen (secondary N) is 2. The summed E-state index contributed by atoms with van der Waals surface area (Å²) in [6, 6.07) is 11.6. The topological polar surface area (TPSA) is 68.2 Å². The third-order valence-electron chi connectivity index (χ3n) is 4.65. The van der Waals surface area contributed by atoms with E-state index in [1.54, 1.807) is 10.7 Å². The molecule has 0 spiro atoms. The molecule has 2 atom stereocenters. The Balaban J connectivity index is 1.32. The summed E-state index contributed by atoms with van der Waals surface area (Å²) in [5.41, 5.74) is 0.961. The Morgan fingerprint density at radius 3 is 2.79 bits per heavy atom. The molecular weight excluding hydrogens is 304 g/mol. The van der Waals surface area contributed by atoms with Crippen LogP contribution >= 0.6 is 0 Å². The molecule has 4 rings (SSSR count). The quantitative estimate of drug-likeness (QED) is 0.907. The minimum Gasteiger partial charge on any atom is -0.378 e. The van der Waals surface area contributed by atoms with E-state index < -0.39 is 0 Å². The van der Waals surface area contributed by atoms with Gasteiger partial charge in [-0.3, -0.25) is 5.32 Å². The van der Waals surface area contributed by atoms with Gasteiger partial charge in [0.15, 0.2) is 5.82 Å². The number of carbonyl (C=O) groups excluding carboxylic acids is 1. The maximum absolute atomic E-state index is 12.2. The van der Waals surface area contributed by atoms with E-state index in [0.717, 1.165) is 25.1 Å². The number of ether oxygens (including phenoxy) is 1. The first kappa shape index (κ1) is 15.2. The van der Waals surface area contributed by atoms with E-state index in [2.05, 4.69) is 15.7 Å². The summed E-state index contributed by atoms with van der Waals surface area (Å²) in [5.74, 6) is 1.25. The van der Waals surface area contributed by atoms with Crippen molar-refractivity contribution in [3.8, 4) is 5.69 Å². The van der Waals surface area contributed by atoms with Gasteiger partial charge in [-0.1, -0.05) is 18.2 Å². The third-order valence-corrected chi connectivity index (χ3v) is 4.65. The van der Waals surface area contributed by atoms with Crippen molar-refractivity contribution in [2.75, 3.05) is 11.9 Å². The summed E-state index contributed by atoms with van der Waals surface area (Å²) in [6.45, 7) is 0.731. The number of carbonyl (C=O) groups is 1. The van der Waals surface area contributed by atoms with Crippen LogP contribution < -0.4 is 10.6 Å². The van der Waals surface area contributed by atoms with Gasteiger partial charge >= 0.3 is 6.03 Å². The first-order valence-electron chi connectivity index (χ1n) is 8.58. The Kier molecular flexibility index (Phi) is 4.21. The van der Waals surface area contributed by atoms with Crippen molar-refractivity contribution < 1.29 is 9.53 Å². The van der Waals surface area contributed by atoms with E-state index in [1.807, 2.05) is 36.5 Å².